The number of aromatic nitrogens is 2. The van der Waals surface area contributed by atoms with Crippen LogP contribution in [0.1, 0.15) is 36.9 Å². The van der Waals surface area contributed by atoms with Gasteiger partial charge in [0.05, 0.1) is 5.69 Å². The number of phenolic OH excluding ortho intramolecular Hbond substituents is 1. The third-order valence-corrected chi connectivity index (χ3v) is 5.03. The molecule has 0 spiro atoms. The van der Waals surface area contributed by atoms with E-state index in [2.05, 4.69) is 20.2 Å². The number of aromatic hydroxyl groups is 1. The fraction of sp³-hybridized carbons (Fsp3) is 0.474. The Balaban J connectivity index is 1.42. The van der Waals surface area contributed by atoms with Crippen LogP contribution in [0.2, 0.25) is 0 Å². The third kappa shape index (κ3) is 3.08. The number of rotatable bonds is 5. The highest BCUT2D eigenvalue weighted by atomic mass is 16.3. The summed E-state index contributed by atoms with van der Waals surface area (Å²) < 4.78 is 0. The van der Waals surface area contributed by atoms with Gasteiger partial charge in [-0.25, -0.2) is 9.97 Å². The lowest BCUT2D eigenvalue weighted by atomic mass is 10.1. The van der Waals surface area contributed by atoms with Gasteiger partial charge in [-0.1, -0.05) is 12.5 Å². The van der Waals surface area contributed by atoms with Crippen LogP contribution in [0.4, 0.5) is 5.82 Å². The normalized spacial score (nSPS) is 16.7. The summed E-state index contributed by atoms with van der Waals surface area (Å²) in [6.45, 7) is 4.58. The van der Waals surface area contributed by atoms with Crippen LogP contribution in [0.25, 0.3) is 11.1 Å². The Labute approximate surface area is 142 Å². The number of piperidine rings is 1. The molecule has 1 aromatic carbocycles. The van der Waals surface area contributed by atoms with Crippen LogP contribution in [0, 0.1) is 0 Å². The minimum atomic E-state index is 0.311. The lowest BCUT2D eigenvalue weighted by molar-refractivity contribution is 0.228. The molecule has 1 fully saturated rings. The molecular formula is C19H24N4O. The van der Waals surface area contributed by atoms with Crippen LogP contribution in [0.5, 0.6) is 5.75 Å². The second-order valence-electron chi connectivity index (χ2n) is 6.74. The van der Waals surface area contributed by atoms with E-state index in [1.54, 1.807) is 12.4 Å². The summed E-state index contributed by atoms with van der Waals surface area (Å²) >= 11 is 0. The van der Waals surface area contributed by atoms with Crippen molar-refractivity contribution >= 4 is 5.82 Å². The van der Waals surface area contributed by atoms with Crippen LogP contribution >= 0.6 is 0 Å². The third-order valence-electron chi connectivity index (χ3n) is 5.03. The molecule has 5 heteroatoms. The van der Waals surface area contributed by atoms with Crippen molar-refractivity contribution in [2.45, 2.75) is 32.1 Å². The van der Waals surface area contributed by atoms with Crippen molar-refractivity contribution in [2.75, 3.05) is 31.5 Å². The molecule has 24 heavy (non-hydrogen) atoms. The summed E-state index contributed by atoms with van der Waals surface area (Å²) in [5.41, 5.74) is 4.42. The molecule has 1 aliphatic carbocycles. The Morgan fingerprint density at radius 2 is 2.00 bits per heavy atom. The van der Waals surface area contributed by atoms with E-state index in [0.717, 1.165) is 54.1 Å². The average Bonchev–Trinajstić information content (AvgIpc) is 2.97. The quantitative estimate of drug-likeness (QED) is 0.706. The van der Waals surface area contributed by atoms with Crippen molar-refractivity contribution in [1.29, 1.82) is 0 Å². The summed E-state index contributed by atoms with van der Waals surface area (Å²) in [5.74, 6) is 1.23. The highest BCUT2D eigenvalue weighted by molar-refractivity contribution is 5.84. The highest BCUT2D eigenvalue weighted by Gasteiger charge is 2.23. The molecule has 126 valence electrons. The van der Waals surface area contributed by atoms with Gasteiger partial charge in [-0.15, -0.1) is 0 Å². The highest BCUT2D eigenvalue weighted by Crippen LogP contribution is 2.40. The first kappa shape index (κ1) is 15.4. The summed E-state index contributed by atoms with van der Waals surface area (Å²) in [4.78, 5) is 11.4. The number of nitrogens with one attached hydrogen (secondary N) is 1. The monoisotopic (exact) mass is 324 g/mol. The summed E-state index contributed by atoms with van der Waals surface area (Å²) in [5, 5.41) is 13.2. The SMILES string of the molecule is Oc1ccc2c(c1)Cc1ncnc(NCCCN3CCCCC3)c1-2. The standard InChI is InChI=1S/C19H24N4O/c24-15-5-6-16-14(11-15)12-17-18(16)19(22-13-21-17)20-7-4-10-23-8-2-1-3-9-23/h5-6,11,13,24H,1-4,7-10,12H2,(H,20,21,22). The van der Waals surface area contributed by atoms with Crippen molar-refractivity contribution in [3.8, 4) is 16.9 Å². The van der Waals surface area contributed by atoms with Crippen molar-refractivity contribution in [1.82, 2.24) is 14.9 Å². The number of fused-ring (bicyclic) bond motifs is 3. The topological polar surface area (TPSA) is 61.3 Å². The van der Waals surface area contributed by atoms with Gasteiger partial charge in [-0.3, -0.25) is 0 Å². The van der Waals surface area contributed by atoms with Crippen molar-refractivity contribution in [3.05, 3.63) is 35.8 Å². The van der Waals surface area contributed by atoms with E-state index in [1.165, 1.54) is 32.4 Å². The van der Waals surface area contributed by atoms with Gasteiger partial charge in [-0.05, 0) is 62.2 Å². The fourth-order valence-corrected chi connectivity index (χ4v) is 3.82. The van der Waals surface area contributed by atoms with E-state index in [0.29, 0.717) is 5.75 Å². The second kappa shape index (κ2) is 6.77. The van der Waals surface area contributed by atoms with Crippen molar-refractivity contribution < 1.29 is 5.11 Å². The van der Waals surface area contributed by atoms with Gasteiger partial charge >= 0.3 is 0 Å². The number of benzene rings is 1. The zero-order valence-electron chi connectivity index (χ0n) is 14.0. The number of anilines is 1. The predicted molar refractivity (Wildman–Crippen MR) is 95.3 cm³/mol. The molecule has 1 saturated heterocycles. The minimum Gasteiger partial charge on any atom is -0.508 e. The Morgan fingerprint density at radius 1 is 1.12 bits per heavy atom. The van der Waals surface area contributed by atoms with Crippen LogP contribution < -0.4 is 5.32 Å². The molecule has 2 aromatic rings. The summed E-state index contributed by atoms with van der Waals surface area (Å²) in [6.07, 6.45) is 7.60. The van der Waals surface area contributed by atoms with Gasteiger partial charge in [0, 0.05) is 18.5 Å². The Bertz CT molecular complexity index is 725. The second-order valence-corrected chi connectivity index (χ2v) is 6.74. The molecule has 0 bridgehead atoms. The maximum atomic E-state index is 9.69. The molecule has 5 nitrogen and oxygen atoms in total. The fourth-order valence-electron chi connectivity index (χ4n) is 3.82. The lowest BCUT2D eigenvalue weighted by Crippen LogP contribution is -2.31. The first-order valence-corrected chi connectivity index (χ1v) is 8.93. The number of phenols is 1. The van der Waals surface area contributed by atoms with Gasteiger partial charge in [0.1, 0.15) is 17.9 Å². The Kier molecular flexibility index (Phi) is 4.34. The molecule has 0 atom stereocenters. The summed E-state index contributed by atoms with van der Waals surface area (Å²) in [6, 6.07) is 5.54. The number of hydrogen-bond acceptors (Lipinski definition) is 5. The zero-order valence-corrected chi connectivity index (χ0v) is 14.0. The molecule has 2 heterocycles. The Hall–Kier alpha value is -2.14. The van der Waals surface area contributed by atoms with Gasteiger partial charge in [0.2, 0.25) is 0 Å². The molecule has 1 aliphatic heterocycles. The molecule has 0 unspecified atom stereocenters. The van der Waals surface area contributed by atoms with E-state index in [1.807, 2.05) is 12.1 Å². The molecule has 0 saturated carbocycles. The van der Waals surface area contributed by atoms with E-state index < -0.39 is 0 Å². The predicted octanol–water partition coefficient (Wildman–Crippen LogP) is 3.04. The maximum absolute atomic E-state index is 9.69. The van der Waals surface area contributed by atoms with E-state index >= 15 is 0 Å². The van der Waals surface area contributed by atoms with Gasteiger partial charge in [-0.2, -0.15) is 0 Å². The van der Waals surface area contributed by atoms with Crippen molar-refractivity contribution in [3.63, 3.8) is 0 Å². The smallest absolute Gasteiger partial charge is 0.137 e. The average molecular weight is 324 g/mol. The molecule has 0 amide bonds. The first-order chi connectivity index (χ1) is 11.8. The zero-order chi connectivity index (χ0) is 16.4. The van der Waals surface area contributed by atoms with Crippen LogP contribution in [-0.4, -0.2) is 46.2 Å². The lowest BCUT2D eigenvalue weighted by Gasteiger charge is -2.26. The number of hydrogen-bond donors (Lipinski definition) is 2. The molecule has 2 aliphatic rings. The van der Waals surface area contributed by atoms with Gasteiger partial charge in [0.25, 0.3) is 0 Å². The van der Waals surface area contributed by atoms with Crippen molar-refractivity contribution in [2.24, 2.45) is 0 Å². The molecule has 1 aromatic heterocycles. The summed E-state index contributed by atoms with van der Waals surface area (Å²) in [7, 11) is 0. The van der Waals surface area contributed by atoms with E-state index in [4.69, 9.17) is 0 Å². The van der Waals surface area contributed by atoms with Crippen LogP contribution in [-0.2, 0) is 6.42 Å². The van der Waals surface area contributed by atoms with Crippen LogP contribution in [0.15, 0.2) is 24.5 Å². The largest absolute Gasteiger partial charge is 0.508 e. The van der Waals surface area contributed by atoms with Gasteiger partial charge < -0.3 is 15.3 Å². The molecule has 4 rings (SSSR count). The minimum absolute atomic E-state index is 0.311. The molecular weight excluding hydrogens is 300 g/mol. The number of nitrogens with zero attached hydrogens (tertiary/aromatic N) is 3. The maximum Gasteiger partial charge on any atom is 0.137 e. The van der Waals surface area contributed by atoms with Gasteiger partial charge in [0.15, 0.2) is 0 Å². The molecule has 0 radical (unpaired) electrons. The van der Waals surface area contributed by atoms with E-state index in [-0.39, 0.29) is 0 Å². The molecule has 2 N–H and O–H groups in total. The Morgan fingerprint density at radius 3 is 2.88 bits per heavy atom. The first-order valence-electron chi connectivity index (χ1n) is 8.93. The van der Waals surface area contributed by atoms with E-state index in [9.17, 15) is 5.11 Å². The number of likely N-dealkylation sites (tertiary alicyclic amines) is 1. The van der Waals surface area contributed by atoms with Crippen LogP contribution in [0.3, 0.4) is 0 Å².